The number of nitrogens with two attached hydrogens (primary N) is 1. The lowest BCUT2D eigenvalue weighted by atomic mass is 9.95. The van der Waals surface area contributed by atoms with E-state index in [2.05, 4.69) is 4.90 Å². The maximum atomic E-state index is 13.3. The zero-order valence-electron chi connectivity index (χ0n) is 11.8. The summed E-state index contributed by atoms with van der Waals surface area (Å²) >= 11 is 5.87. The molecule has 2 N–H and O–H groups in total. The quantitative estimate of drug-likeness (QED) is 0.909. The Morgan fingerprint density at radius 1 is 1.45 bits per heavy atom. The fourth-order valence-electron chi connectivity index (χ4n) is 2.88. The van der Waals surface area contributed by atoms with Crippen LogP contribution in [0.1, 0.15) is 24.4 Å². The van der Waals surface area contributed by atoms with Crippen LogP contribution in [0.4, 0.5) is 4.39 Å². The van der Waals surface area contributed by atoms with Gasteiger partial charge in [0.2, 0.25) is 0 Å². The van der Waals surface area contributed by atoms with Crippen LogP contribution in [-0.4, -0.2) is 38.3 Å². The monoisotopic (exact) mass is 300 g/mol. The number of benzene rings is 1. The zero-order chi connectivity index (χ0) is 14.5. The van der Waals surface area contributed by atoms with Crippen molar-refractivity contribution in [2.45, 2.75) is 18.9 Å². The topological polar surface area (TPSA) is 38.5 Å². The number of rotatable bonds is 5. The summed E-state index contributed by atoms with van der Waals surface area (Å²) in [5, 5.41) is 0.162. The highest BCUT2D eigenvalue weighted by atomic mass is 35.5. The molecule has 1 atom stereocenters. The van der Waals surface area contributed by atoms with Crippen molar-refractivity contribution in [1.82, 2.24) is 4.90 Å². The number of halogens is 2. The normalized spacial score (nSPS) is 19.2. The molecule has 20 heavy (non-hydrogen) atoms. The molecule has 0 amide bonds. The first-order chi connectivity index (χ1) is 9.65. The molecular weight excluding hydrogens is 279 g/mol. The Morgan fingerprint density at radius 2 is 2.15 bits per heavy atom. The molecule has 0 radical (unpaired) electrons. The maximum Gasteiger partial charge on any atom is 0.141 e. The highest BCUT2D eigenvalue weighted by Crippen LogP contribution is 2.28. The van der Waals surface area contributed by atoms with E-state index in [1.165, 1.54) is 6.07 Å². The minimum absolute atomic E-state index is 0.108. The third-order valence-corrected chi connectivity index (χ3v) is 4.33. The molecule has 1 aliphatic heterocycles. The van der Waals surface area contributed by atoms with Gasteiger partial charge in [-0.1, -0.05) is 17.7 Å². The van der Waals surface area contributed by atoms with Gasteiger partial charge in [0.25, 0.3) is 0 Å². The van der Waals surface area contributed by atoms with Crippen LogP contribution in [0, 0.1) is 11.7 Å². The minimum atomic E-state index is -0.384. The molecule has 0 aromatic heterocycles. The third kappa shape index (κ3) is 3.70. The molecule has 1 aliphatic rings. The first-order valence-electron chi connectivity index (χ1n) is 7.03. The SMILES string of the molecule is COCC1CCN(C(CN)c2ccc(F)c(Cl)c2)CC1. The molecule has 1 aromatic carbocycles. The number of likely N-dealkylation sites (tertiary alicyclic amines) is 1. The second kappa shape index (κ2) is 7.36. The van der Waals surface area contributed by atoms with Crippen molar-refractivity contribution in [3.63, 3.8) is 0 Å². The molecule has 1 fully saturated rings. The summed E-state index contributed by atoms with van der Waals surface area (Å²) in [6.45, 7) is 3.32. The molecule has 1 saturated heterocycles. The fraction of sp³-hybridized carbons (Fsp3) is 0.600. The molecule has 0 spiro atoms. The molecule has 0 saturated carbocycles. The van der Waals surface area contributed by atoms with Crippen LogP contribution in [0.5, 0.6) is 0 Å². The highest BCUT2D eigenvalue weighted by molar-refractivity contribution is 6.30. The lowest BCUT2D eigenvalue weighted by Crippen LogP contribution is -2.40. The van der Waals surface area contributed by atoms with Crippen molar-refractivity contribution in [3.05, 3.63) is 34.6 Å². The Hall–Kier alpha value is -0.680. The van der Waals surface area contributed by atoms with Gasteiger partial charge in [0, 0.05) is 26.3 Å². The summed E-state index contributed by atoms with van der Waals surface area (Å²) < 4.78 is 18.5. The summed E-state index contributed by atoms with van der Waals surface area (Å²) in [4.78, 5) is 2.36. The van der Waals surface area contributed by atoms with Gasteiger partial charge >= 0.3 is 0 Å². The van der Waals surface area contributed by atoms with Crippen LogP contribution >= 0.6 is 11.6 Å². The molecule has 1 unspecified atom stereocenters. The summed E-state index contributed by atoms with van der Waals surface area (Å²) in [5.74, 6) is 0.247. The number of ether oxygens (including phenoxy) is 1. The van der Waals surface area contributed by atoms with Gasteiger partial charge in [-0.2, -0.15) is 0 Å². The van der Waals surface area contributed by atoms with Crippen LogP contribution in [0.25, 0.3) is 0 Å². The van der Waals surface area contributed by atoms with Gasteiger partial charge in [-0.3, -0.25) is 4.90 Å². The van der Waals surface area contributed by atoms with Gasteiger partial charge in [0.05, 0.1) is 5.02 Å². The van der Waals surface area contributed by atoms with Gasteiger partial charge < -0.3 is 10.5 Å². The summed E-state index contributed by atoms with van der Waals surface area (Å²) in [6.07, 6.45) is 2.22. The Labute approximate surface area is 124 Å². The molecular formula is C15H22ClFN2O. The fourth-order valence-corrected chi connectivity index (χ4v) is 3.07. The van der Waals surface area contributed by atoms with Gasteiger partial charge in [-0.05, 0) is 49.5 Å². The predicted molar refractivity (Wildman–Crippen MR) is 79.4 cm³/mol. The smallest absolute Gasteiger partial charge is 0.141 e. The molecule has 1 heterocycles. The van der Waals surface area contributed by atoms with Crippen LogP contribution in [0.2, 0.25) is 5.02 Å². The molecule has 3 nitrogen and oxygen atoms in total. The summed E-state index contributed by atoms with van der Waals surface area (Å²) in [6, 6.07) is 4.99. The number of hydrogen-bond donors (Lipinski definition) is 1. The number of methoxy groups -OCH3 is 1. The zero-order valence-corrected chi connectivity index (χ0v) is 12.6. The average molecular weight is 301 g/mol. The van der Waals surface area contributed by atoms with E-state index in [4.69, 9.17) is 22.1 Å². The van der Waals surface area contributed by atoms with E-state index < -0.39 is 0 Å². The van der Waals surface area contributed by atoms with Crippen LogP contribution < -0.4 is 5.73 Å². The minimum Gasteiger partial charge on any atom is -0.384 e. The molecule has 1 aromatic rings. The third-order valence-electron chi connectivity index (χ3n) is 4.04. The Balaban J connectivity index is 2.03. The second-order valence-corrected chi connectivity index (χ2v) is 5.77. The molecule has 5 heteroatoms. The van der Waals surface area contributed by atoms with Crippen molar-refractivity contribution >= 4 is 11.6 Å². The number of nitrogens with zero attached hydrogens (tertiary/aromatic N) is 1. The first kappa shape index (κ1) is 15.7. The van der Waals surface area contributed by atoms with E-state index in [1.54, 1.807) is 19.2 Å². The van der Waals surface area contributed by atoms with Crippen LogP contribution in [0.3, 0.4) is 0 Å². The van der Waals surface area contributed by atoms with E-state index in [0.29, 0.717) is 12.5 Å². The van der Waals surface area contributed by atoms with Crippen LogP contribution in [0.15, 0.2) is 18.2 Å². The Bertz CT molecular complexity index is 436. The highest BCUT2D eigenvalue weighted by Gasteiger charge is 2.25. The van der Waals surface area contributed by atoms with E-state index in [0.717, 1.165) is 38.1 Å². The van der Waals surface area contributed by atoms with Crippen molar-refractivity contribution in [2.24, 2.45) is 11.7 Å². The Kier molecular flexibility index (Phi) is 5.78. The molecule has 112 valence electrons. The average Bonchev–Trinajstić information content (AvgIpc) is 2.46. The molecule has 0 aliphatic carbocycles. The lowest BCUT2D eigenvalue weighted by molar-refractivity contribution is 0.0810. The molecule has 0 bridgehead atoms. The molecule has 2 rings (SSSR count). The Morgan fingerprint density at radius 3 is 2.70 bits per heavy atom. The van der Waals surface area contributed by atoms with Gasteiger partial charge in [-0.15, -0.1) is 0 Å². The predicted octanol–water partition coefficient (Wildman–Crippen LogP) is 2.84. The number of piperidine rings is 1. The first-order valence-corrected chi connectivity index (χ1v) is 7.41. The second-order valence-electron chi connectivity index (χ2n) is 5.36. The van der Waals surface area contributed by atoms with Crippen LogP contribution in [-0.2, 0) is 4.74 Å². The van der Waals surface area contributed by atoms with Gasteiger partial charge in [0.1, 0.15) is 5.82 Å². The van der Waals surface area contributed by atoms with Gasteiger partial charge in [0.15, 0.2) is 0 Å². The largest absolute Gasteiger partial charge is 0.384 e. The number of hydrogen-bond acceptors (Lipinski definition) is 3. The van der Waals surface area contributed by atoms with Crippen molar-refractivity contribution in [1.29, 1.82) is 0 Å². The van der Waals surface area contributed by atoms with E-state index in [9.17, 15) is 4.39 Å². The van der Waals surface area contributed by atoms with E-state index >= 15 is 0 Å². The lowest BCUT2D eigenvalue weighted by Gasteiger charge is -2.37. The van der Waals surface area contributed by atoms with Crippen molar-refractivity contribution in [2.75, 3.05) is 33.4 Å². The van der Waals surface area contributed by atoms with Gasteiger partial charge in [-0.25, -0.2) is 4.39 Å². The maximum absolute atomic E-state index is 13.3. The standard InChI is InChI=1S/C15H22ClFN2O/c1-20-10-11-4-6-19(7-5-11)15(9-18)12-2-3-14(17)13(16)8-12/h2-3,8,11,15H,4-7,9-10,18H2,1H3. The summed E-state index contributed by atoms with van der Waals surface area (Å²) in [7, 11) is 1.75. The van der Waals surface area contributed by atoms with Crippen molar-refractivity contribution < 1.29 is 9.13 Å². The van der Waals surface area contributed by atoms with Crippen molar-refractivity contribution in [3.8, 4) is 0 Å². The van der Waals surface area contributed by atoms with E-state index in [-0.39, 0.29) is 16.9 Å². The van der Waals surface area contributed by atoms with E-state index in [1.807, 2.05) is 0 Å². The summed E-state index contributed by atoms with van der Waals surface area (Å²) in [5.41, 5.74) is 6.90.